The van der Waals surface area contributed by atoms with Crippen LogP contribution >= 0.6 is 24.0 Å². The van der Waals surface area contributed by atoms with Crippen LogP contribution in [0.5, 0.6) is 0 Å². The molecule has 0 unspecified atom stereocenters. The molecule has 10 heteroatoms. The molecule has 0 aromatic carbocycles. The zero-order chi connectivity index (χ0) is 23.5. The van der Waals surface area contributed by atoms with E-state index in [0.29, 0.717) is 52.4 Å². The van der Waals surface area contributed by atoms with Crippen molar-refractivity contribution in [1.82, 2.24) is 19.2 Å². The molecule has 0 atom stereocenters. The van der Waals surface area contributed by atoms with Crippen molar-refractivity contribution in [3.8, 4) is 0 Å². The number of carbonyl (C=O) groups is 1. The number of nitrogens with zero attached hydrogens (tertiary/aromatic N) is 5. The molecule has 4 heterocycles. The summed E-state index contributed by atoms with van der Waals surface area (Å²) in [7, 11) is 0. The number of thiocarbonyl (C=S) groups is 1. The van der Waals surface area contributed by atoms with E-state index in [1.807, 2.05) is 19.1 Å². The SMILES string of the molecule is CCCCN1C(=O)C(=Cc2c(N3CCN(CCO)CC3)nc3c(C)cccn3c2=O)SC1=S. The number of thioether (sulfide) groups is 1. The zero-order valence-electron chi connectivity index (χ0n) is 19.0. The van der Waals surface area contributed by atoms with Gasteiger partial charge in [0.05, 0.1) is 17.1 Å². The lowest BCUT2D eigenvalue weighted by atomic mass is 10.2. The summed E-state index contributed by atoms with van der Waals surface area (Å²) in [5, 5.41) is 9.24. The maximum absolute atomic E-state index is 13.6. The Bertz CT molecular complexity index is 1150. The average Bonchev–Trinajstić information content (AvgIpc) is 3.07. The molecule has 33 heavy (non-hydrogen) atoms. The lowest BCUT2D eigenvalue weighted by Crippen LogP contribution is -2.48. The van der Waals surface area contributed by atoms with Crippen LogP contribution in [-0.4, -0.2) is 80.4 Å². The third-order valence-corrected chi connectivity index (χ3v) is 7.41. The van der Waals surface area contributed by atoms with Gasteiger partial charge >= 0.3 is 0 Å². The number of pyridine rings is 1. The van der Waals surface area contributed by atoms with E-state index < -0.39 is 0 Å². The number of aryl methyl sites for hydroxylation is 1. The number of aliphatic hydroxyl groups excluding tert-OH is 1. The van der Waals surface area contributed by atoms with Gasteiger partial charge in [0.1, 0.15) is 15.8 Å². The number of amides is 1. The third kappa shape index (κ3) is 4.84. The van der Waals surface area contributed by atoms with E-state index in [9.17, 15) is 14.7 Å². The molecule has 0 bridgehead atoms. The molecular weight excluding hydrogens is 458 g/mol. The topological polar surface area (TPSA) is 81.4 Å². The number of fused-ring (bicyclic) bond motifs is 1. The average molecular weight is 488 g/mol. The summed E-state index contributed by atoms with van der Waals surface area (Å²) < 4.78 is 2.08. The molecule has 2 aliphatic rings. The summed E-state index contributed by atoms with van der Waals surface area (Å²) in [4.78, 5) is 37.9. The highest BCUT2D eigenvalue weighted by molar-refractivity contribution is 8.26. The van der Waals surface area contributed by atoms with E-state index in [0.717, 1.165) is 31.5 Å². The second-order valence-corrected chi connectivity index (χ2v) is 9.95. The molecule has 2 saturated heterocycles. The van der Waals surface area contributed by atoms with Gasteiger partial charge in [0, 0.05) is 45.5 Å². The Hall–Kier alpha value is -2.27. The first-order valence-corrected chi connectivity index (χ1v) is 12.5. The summed E-state index contributed by atoms with van der Waals surface area (Å²) in [6, 6.07) is 3.76. The van der Waals surface area contributed by atoms with Crippen LogP contribution in [0.2, 0.25) is 0 Å². The highest BCUT2D eigenvalue weighted by Crippen LogP contribution is 2.34. The summed E-state index contributed by atoms with van der Waals surface area (Å²) >= 11 is 6.68. The Labute approximate surface area is 202 Å². The highest BCUT2D eigenvalue weighted by atomic mass is 32.2. The number of aromatic nitrogens is 2. The van der Waals surface area contributed by atoms with Crippen LogP contribution in [0, 0.1) is 6.92 Å². The van der Waals surface area contributed by atoms with Crippen LogP contribution in [0.25, 0.3) is 11.7 Å². The van der Waals surface area contributed by atoms with Crippen molar-refractivity contribution in [2.75, 3.05) is 50.8 Å². The predicted octanol–water partition coefficient (Wildman–Crippen LogP) is 2.12. The lowest BCUT2D eigenvalue weighted by Gasteiger charge is -2.35. The maximum atomic E-state index is 13.6. The number of hydrogen-bond donors (Lipinski definition) is 1. The summed E-state index contributed by atoms with van der Waals surface area (Å²) in [6.45, 7) is 8.27. The fourth-order valence-electron chi connectivity index (χ4n) is 4.13. The molecule has 2 aliphatic heterocycles. The van der Waals surface area contributed by atoms with E-state index in [1.54, 1.807) is 21.6 Å². The number of aliphatic hydroxyl groups is 1. The molecule has 8 nitrogen and oxygen atoms in total. The van der Waals surface area contributed by atoms with Crippen molar-refractivity contribution in [3.05, 3.63) is 44.7 Å². The van der Waals surface area contributed by atoms with Crippen LogP contribution in [0.4, 0.5) is 5.82 Å². The molecule has 2 fully saturated rings. The number of β-amino-alcohol motifs (C(OH)–C–C–N with tert-alkyl or cyclic N) is 1. The van der Waals surface area contributed by atoms with E-state index in [2.05, 4.69) is 16.7 Å². The summed E-state index contributed by atoms with van der Waals surface area (Å²) in [5.41, 5.74) is 1.73. The molecule has 176 valence electrons. The van der Waals surface area contributed by atoms with E-state index >= 15 is 0 Å². The number of anilines is 1. The Morgan fingerprint density at radius 3 is 2.67 bits per heavy atom. The van der Waals surface area contributed by atoms with Gasteiger partial charge in [-0.2, -0.15) is 0 Å². The molecule has 1 amide bonds. The predicted molar refractivity (Wildman–Crippen MR) is 137 cm³/mol. The van der Waals surface area contributed by atoms with Crippen molar-refractivity contribution in [3.63, 3.8) is 0 Å². The van der Waals surface area contributed by atoms with Crippen molar-refractivity contribution in [2.45, 2.75) is 26.7 Å². The Balaban J connectivity index is 1.77. The molecule has 2 aromatic heterocycles. The minimum absolute atomic E-state index is 0.125. The first-order valence-electron chi connectivity index (χ1n) is 11.3. The van der Waals surface area contributed by atoms with Gasteiger partial charge in [-0.25, -0.2) is 4.98 Å². The van der Waals surface area contributed by atoms with Crippen LogP contribution in [0.15, 0.2) is 28.0 Å². The maximum Gasteiger partial charge on any atom is 0.267 e. The number of carbonyl (C=O) groups excluding carboxylic acids is 1. The van der Waals surface area contributed by atoms with Crippen molar-refractivity contribution in [2.24, 2.45) is 0 Å². The molecule has 2 aromatic rings. The van der Waals surface area contributed by atoms with Gasteiger partial charge in [-0.15, -0.1) is 0 Å². The highest BCUT2D eigenvalue weighted by Gasteiger charge is 2.32. The Kier molecular flexibility index (Phi) is 7.48. The van der Waals surface area contributed by atoms with Gasteiger partial charge in [-0.1, -0.05) is 43.4 Å². The van der Waals surface area contributed by atoms with E-state index in [1.165, 1.54) is 11.8 Å². The number of piperazine rings is 1. The molecule has 4 rings (SSSR count). The largest absolute Gasteiger partial charge is 0.395 e. The quantitative estimate of drug-likeness (QED) is 0.470. The van der Waals surface area contributed by atoms with Crippen LogP contribution in [-0.2, 0) is 4.79 Å². The van der Waals surface area contributed by atoms with Crippen molar-refractivity contribution >= 4 is 51.7 Å². The Morgan fingerprint density at radius 2 is 1.97 bits per heavy atom. The number of hydrogen-bond acceptors (Lipinski definition) is 8. The van der Waals surface area contributed by atoms with E-state index in [-0.39, 0.29) is 18.1 Å². The van der Waals surface area contributed by atoms with Crippen LogP contribution < -0.4 is 10.5 Å². The van der Waals surface area contributed by atoms with E-state index in [4.69, 9.17) is 17.2 Å². The second kappa shape index (κ2) is 10.3. The van der Waals surface area contributed by atoms with Gasteiger partial charge in [0.2, 0.25) is 0 Å². The number of rotatable bonds is 7. The minimum atomic E-state index is -0.199. The lowest BCUT2D eigenvalue weighted by molar-refractivity contribution is -0.122. The van der Waals surface area contributed by atoms with Crippen molar-refractivity contribution < 1.29 is 9.90 Å². The second-order valence-electron chi connectivity index (χ2n) is 8.28. The minimum Gasteiger partial charge on any atom is -0.395 e. The monoisotopic (exact) mass is 487 g/mol. The molecule has 0 aliphatic carbocycles. The molecular formula is C23H29N5O3S2. The third-order valence-electron chi connectivity index (χ3n) is 6.04. The zero-order valence-corrected chi connectivity index (χ0v) is 20.6. The molecule has 0 saturated carbocycles. The summed E-state index contributed by atoms with van der Waals surface area (Å²) in [5.74, 6) is 0.447. The van der Waals surface area contributed by atoms with Gasteiger partial charge in [-0.05, 0) is 31.1 Å². The molecule has 1 N–H and O–H groups in total. The fraction of sp³-hybridized carbons (Fsp3) is 0.478. The van der Waals surface area contributed by atoms with Crippen LogP contribution in [0.1, 0.15) is 30.9 Å². The van der Waals surface area contributed by atoms with Crippen LogP contribution in [0.3, 0.4) is 0 Å². The Morgan fingerprint density at radius 1 is 1.21 bits per heavy atom. The normalized spacial score (nSPS) is 18.8. The van der Waals surface area contributed by atoms with Gasteiger partial charge in [0.25, 0.3) is 11.5 Å². The standard InChI is InChI=1S/C23H29N5O3S2/c1-3-4-7-28-22(31)18(33-23(28)32)15-17-20(26-11-9-25(10-12-26)13-14-29)24-19-16(2)6-5-8-27(19)21(17)30/h5-6,8,15,29H,3-4,7,9-14H2,1-2H3. The fourth-order valence-corrected chi connectivity index (χ4v) is 5.42. The first kappa shape index (κ1) is 23.9. The molecule has 0 spiro atoms. The number of unbranched alkanes of at least 4 members (excludes halogenated alkanes) is 1. The van der Waals surface area contributed by atoms with Gasteiger partial charge in [-0.3, -0.25) is 23.8 Å². The van der Waals surface area contributed by atoms with Crippen molar-refractivity contribution in [1.29, 1.82) is 0 Å². The smallest absolute Gasteiger partial charge is 0.267 e. The van der Waals surface area contributed by atoms with Gasteiger partial charge in [0.15, 0.2) is 0 Å². The summed E-state index contributed by atoms with van der Waals surface area (Å²) in [6.07, 6.45) is 5.23. The first-order chi connectivity index (χ1) is 15.9. The van der Waals surface area contributed by atoms with Gasteiger partial charge < -0.3 is 10.0 Å². The molecule has 0 radical (unpaired) electrons.